The van der Waals surface area contributed by atoms with Crippen molar-refractivity contribution in [2.75, 3.05) is 0 Å². The summed E-state index contributed by atoms with van der Waals surface area (Å²) in [6.45, 7) is 0. The first kappa shape index (κ1) is 18.4. The third-order valence-corrected chi connectivity index (χ3v) is 0. The minimum absolute atomic E-state index is 0. The molecule has 0 bridgehead atoms. The van der Waals surface area contributed by atoms with Crippen molar-refractivity contribution in [2.45, 2.75) is 0 Å². The van der Waals surface area contributed by atoms with Crippen LogP contribution in [-0.4, -0.2) is 27.9 Å². The first-order valence-corrected chi connectivity index (χ1v) is 0.200. The van der Waals surface area contributed by atoms with E-state index in [0.29, 0.717) is 0 Å². The summed E-state index contributed by atoms with van der Waals surface area (Å²) in [7, 11) is 0. The van der Waals surface area contributed by atoms with Gasteiger partial charge in [0.15, 0.2) is 17.4 Å². The second kappa shape index (κ2) is 27.0. The van der Waals surface area contributed by atoms with Gasteiger partial charge in [-0.1, -0.05) is 0 Å². The molecule has 0 amide bonds. The van der Waals surface area contributed by atoms with E-state index in [-0.39, 0.29) is 43.6 Å². The van der Waals surface area contributed by atoms with Crippen LogP contribution in [0.25, 0.3) is 0 Å². The van der Waals surface area contributed by atoms with Crippen molar-refractivity contribution in [2.24, 2.45) is 0 Å². The molecule has 0 fully saturated rings. The van der Waals surface area contributed by atoms with Crippen LogP contribution in [0.1, 0.15) is 0 Å². The maximum absolute atomic E-state index is 6.00. The molecule has 0 saturated carbocycles. The first-order valence-electron chi connectivity index (χ1n) is 0.200. The fourth-order valence-electron chi connectivity index (χ4n) is 0. The van der Waals surface area contributed by atoms with Gasteiger partial charge < -0.3 is 0 Å². The Hall–Kier alpha value is 1.34. The second-order valence-corrected chi connectivity index (χ2v) is 0. The van der Waals surface area contributed by atoms with Gasteiger partial charge in [-0.3, -0.25) is 10.5 Å². The standard InChI is InChI=1S/Al.H2O2.Zr.3H/c;1-2;;;;/h;1-2H;;;;. The molecule has 0 aliphatic rings. The van der Waals surface area contributed by atoms with Crippen LogP contribution in [-0.2, 0) is 26.2 Å². The summed E-state index contributed by atoms with van der Waals surface area (Å²) in [5.41, 5.74) is 0. The van der Waals surface area contributed by atoms with Crippen LogP contribution in [0.5, 0.6) is 0 Å². The molecule has 0 aromatic rings. The molecule has 24 valence electrons. The SMILES string of the molecule is OO.[AlH3].[Zr]. The van der Waals surface area contributed by atoms with Gasteiger partial charge in [0.1, 0.15) is 0 Å². The zero-order valence-corrected chi connectivity index (χ0v) is 3.85. The maximum atomic E-state index is 6.00. The van der Waals surface area contributed by atoms with E-state index in [1.807, 2.05) is 0 Å². The number of hydrogen-bond donors (Lipinski definition) is 2. The van der Waals surface area contributed by atoms with Crippen LogP contribution < -0.4 is 0 Å². The molecule has 0 spiro atoms. The molecule has 0 aromatic heterocycles. The first-order chi connectivity index (χ1) is 1.00. The molecule has 0 rings (SSSR count). The molecule has 2 N–H and O–H groups in total. The fourth-order valence-corrected chi connectivity index (χ4v) is 0. The molecular weight excluding hydrogens is 150 g/mol. The molecule has 0 heterocycles. The molecule has 0 unspecified atom stereocenters. The van der Waals surface area contributed by atoms with Gasteiger partial charge in [0, 0.05) is 26.2 Å². The summed E-state index contributed by atoms with van der Waals surface area (Å²) >= 11 is 0. The smallest absolute Gasteiger partial charge is 0.187 e. The number of hydrogen-bond acceptors (Lipinski definition) is 2. The predicted octanol–water partition coefficient (Wildman–Crippen LogP) is -1.17. The molecule has 4 heavy (non-hydrogen) atoms. The van der Waals surface area contributed by atoms with E-state index < -0.39 is 0 Å². The molecule has 0 saturated heterocycles. The van der Waals surface area contributed by atoms with Gasteiger partial charge >= 0.3 is 0 Å². The zero-order valence-electron chi connectivity index (χ0n) is 1.39. The molecule has 0 aromatic carbocycles. The average Bonchev–Trinajstić information content (AvgIpc) is 1.00. The Bertz CT molecular complexity index is 6.00. The summed E-state index contributed by atoms with van der Waals surface area (Å²) < 4.78 is 0. The van der Waals surface area contributed by atoms with Crippen LogP contribution in [0.4, 0.5) is 0 Å². The molecular formula is H5AlO2Zr. The minimum Gasteiger partial charge on any atom is -0.255 e. The molecule has 4 heteroatoms. The van der Waals surface area contributed by atoms with Crippen molar-refractivity contribution in [3.63, 3.8) is 0 Å². The summed E-state index contributed by atoms with van der Waals surface area (Å²) in [5.74, 6) is 0. The molecule has 0 atom stereocenters. The normalized spacial score (nSPS) is 1.50. The van der Waals surface area contributed by atoms with Crippen molar-refractivity contribution in [1.29, 1.82) is 0 Å². The van der Waals surface area contributed by atoms with Gasteiger partial charge in [0.05, 0.1) is 0 Å². The van der Waals surface area contributed by atoms with E-state index in [9.17, 15) is 0 Å². The van der Waals surface area contributed by atoms with E-state index in [2.05, 4.69) is 0 Å². The van der Waals surface area contributed by atoms with E-state index >= 15 is 0 Å². The monoisotopic (exact) mass is 154 g/mol. The summed E-state index contributed by atoms with van der Waals surface area (Å²) in [5, 5.41) is 12.0. The van der Waals surface area contributed by atoms with Crippen LogP contribution in [0, 0.1) is 0 Å². The van der Waals surface area contributed by atoms with Gasteiger partial charge in [0.2, 0.25) is 0 Å². The number of rotatable bonds is 0. The Morgan fingerprint density at radius 3 is 1.00 bits per heavy atom. The molecule has 0 radical (unpaired) electrons. The Labute approximate surface area is 54.0 Å². The van der Waals surface area contributed by atoms with Crippen molar-refractivity contribution in [3.05, 3.63) is 0 Å². The van der Waals surface area contributed by atoms with Gasteiger partial charge in [-0.15, -0.1) is 0 Å². The summed E-state index contributed by atoms with van der Waals surface area (Å²) in [6.07, 6.45) is 0. The van der Waals surface area contributed by atoms with Crippen LogP contribution in [0.2, 0.25) is 0 Å². The zero-order chi connectivity index (χ0) is 2.00. The Kier molecular flexibility index (Phi) is 124. The summed E-state index contributed by atoms with van der Waals surface area (Å²) in [6, 6.07) is 0. The quantitative estimate of drug-likeness (QED) is 0.263. The topological polar surface area (TPSA) is 40.5 Å². The Balaban J connectivity index is -0.00000000500. The summed E-state index contributed by atoms with van der Waals surface area (Å²) in [4.78, 5) is 0. The van der Waals surface area contributed by atoms with Crippen LogP contribution in [0.15, 0.2) is 0 Å². The van der Waals surface area contributed by atoms with Crippen molar-refractivity contribution >= 4 is 17.4 Å². The van der Waals surface area contributed by atoms with Gasteiger partial charge in [-0.2, -0.15) is 0 Å². The largest absolute Gasteiger partial charge is 0.255 e. The van der Waals surface area contributed by atoms with E-state index in [1.54, 1.807) is 0 Å². The molecule has 2 nitrogen and oxygen atoms in total. The van der Waals surface area contributed by atoms with Crippen molar-refractivity contribution < 1.29 is 36.7 Å². The van der Waals surface area contributed by atoms with Gasteiger partial charge in [-0.25, -0.2) is 0 Å². The minimum atomic E-state index is 0. The second-order valence-electron chi connectivity index (χ2n) is 0. The van der Waals surface area contributed by atoms with Gasteiger partial charge in [-0.05, 0) is 0 Å². The van der Waals surface area contributed by atoms with Gasteiger partial charge in [0.25, 0.3) is 0 Å². The Morgan fingerprint density at radius 1 is 1.00 bits per heavy atom. The van der Waals surface area contributed by atoms with E-state index in [0.717, 1.165) is 0 Å². The third kappa shape index (κ3) is 10.2. The predicted molar refractivity (Wildman–Crippen MR) is 15.2 cm³/mol. The molecule has 0 aliphatic carbocycles. The van der Waals surface area contributed by atoms with Crippen LogP contribution in [0.3, 0.4) is 0 Å². The van der Waals surface area contributed by atoms with Crippen LogP contribution >= 0.6 is 0 Å². The average molecular weight is 155 g/mol. The maximum Gasteiger partial charge on any atom is 0.187 e. The van der Waals surface area contributed by atoms with E-state index in [4.69, 9.17) is 10.5 Å². The Morgan fingerprint density at radius 2 is 1.00 bits per heavy atom. The fraction of sp³-hybridized carbons (Fsp3) is 0. The third-order valence-electron chi connectivity index (χ3n) is 0. The molecule has 0 aliphatic heterocycles. The van der Waals surface area contributed by atoms with Crippen molar-refractivity contribution in [3.8, 4) is 0 Å². The van der Waals surface area contributed by atoms with E-state index in [1.165, 1.54) is 0 Å². The van der Waals surface area contributed by atoms with Crippen molar-refractivity contribution in [1.82, 2.24) is 0 Å².